The number of alkyl halides is 5. The van der Waals surface area contributed by atoms with Crippen LogP contribution in [-0.4, -0.2) is 35.4 Å². The molecule has 20 heavy (non-hydrogen) atoms. The lowest BCUT2D eigenvalue weighted by atomic mass is 10.1. The number of esters is 1. The molecular weight excluding hydrogens is 311 g/mol. The zero-order valence-corrected chi connectivity index (χ0v) is 11.4. The summed E-state index contributed by atoms with van der Waals surface area (Å²) in [5.74, 6) is -7.86. The van der Waals surface area contributed by atoms with E-state index >= 15 is 0 Å². The van der Waals surface area contributed by atoms with Crippen LogP contribution in [0.25, 0.3) is 0 Å². The van der Waals surface area contributed by atoms with Gasteiger partial charge in [0.15, 0.2) is 5.78 Å². The summed E-state index contributed by atoms with van der Waals surface area (Å²) in [6.45, 7) is 1.65. The number of thioether (sulfide) groups is 1. The second-order valence-corrected chi connectivity index (χ2v) is 4.79. The first-order chi connectivity index (χ1) is 8.84. The van der Waals surface area contributed by atoms with Gasteiger partial charge in [0, 0.05) is 0 Å². The molecule has 0 amide bonds. The highest BCUT2D eigenvalue weighted by molar-refractivity contribution is 8.05. The number of aliphatic hydroxyl groups is 1. The highest BCUT2D eigenvalue weighted by Gasteiger charge is 2.62. The monoisotopic (exact) mass is 322 g/mol. The third kappa shape index (κ3) is 4.66. The molecule has 0 aromatic carbocycles. The summed E-state index contributed by atoms with van der Waals surface area (Å²) in [5, 5.41) is 4.32. The van der Waals surface area contributed by atoms with Crippen molar-refractivity contribution in [3.63, 3.8) is 0 Å². The summed E-state index contributed by atoms with van der Waals surface area (Å²) in [6, 6.07) is 0. The Hall–Kier alpha value is -1.32. The molecule has 1 N–H and O–H groups in total. The van der Waals surface area contributed by atoms with E-state index in [1.165, 1.54) is 0 Å². The van der Waals surface area contributed by atoms with Gasteiger partial charge in [-0.1, -0.05) is 0 Å². The van der Waals surface area contributed by atoms with E-state index in [0.717, 1.165) is 13.8 Å². The van der Waals surface area contributed by atoms with Crippen LogP contribution in [0.15, 0.2) is 10.7 Å². The standard InChI is InChI=1S/C10H11F5O4S/c1-4(16)6(5(2)17)20-10(14,15)7(8(18)19-3)9(11,12)13/h7,16H,1-3H3/b6-4-/t7-/m0/s1. The number of carbonyl (C=O) groups excluding carboxylic acids is 2. The second-order valence-electron chi connectivity index (χ2n) is 3.63. The van der Waals surface area contributed by atoms with Crippen LogP contribution < -0.4 is 0 Å². The van der Waals surface area contributed by atoms with Crippen molar-refractivity contribution in [2.45, 2.75) is 25.3 Å². The van der Waals surface area contributed by atoms with Gasteiger partial charge in [0.1, 0.15) is 5.76 Å². The maximum atomic E-state index is 13.6. The van der Waals surface area contributed by atoms with Gasteiger partial charge >= 0.3 is 17.4 Å². The van der Waals surface area contributed by atoms with E-state index in [-0.39, 0.29) is 0 Å². The van der Waals surface area contributed by atoms with Gasteiger partial charge in [-0.15, -0.1) is 0 Å². The third-order valence-corrected chi connectivity index (χ3v) is 3.28. The molecule has 0 heterocycles. The van der Waals surface area contributed by atoms with Crippen molar-refractivity contribution in [1.29, 1.82) is 0 Å². The number of hydrogen-bond acceptors (Lipinski definition) is 5. The molecule has 0 radical (unpaired) electrons. The topological polar surface area (TPSA) is 63.6 Å². The van der Waals surface area contributed by atoms with Crippen LogP contribution in [0.1, 0.15) is 13.8 Å². The number of aliphatic hydroxyl groups excluding tert-OH is 1. The van der Waals surface area contributed by atoms with Crippen molar-refractivity contribution >= 4 is 23.5 Å². The number of carbonyl (C=O) groups is 2. The Morgan fingerprint density at radius 1 is 1.15 bits per heavy atom. The predicted molar refractivity (Wildman–Crippen MR) is 60.1 cm³/mol. The van der Waals surface area contributed by atoms with E-state index in [2.05, 4.69) is 4.74 Å². The number of rotatable bonds is 5. The van der Waals surface area contributed by atoms with Gasteiger partial charge in [0.25, 0.3) is 0 Å². The van der Waals surface area contributed by atoms with Crippen LogP contribution in [0.3, 0.4) is 0 Å². The Balaban J connectivity index is 5.62. The molecular formula is C10H11F5O4S. The van der Waals surface area contributed by atoms with Gasteiger partial charge in [-0.25, -0.2) is 0 Å². The molecule has 0 fully saturated rings. The first-order valence-electron chi connectivity index (χ1n) is 4.96. The van der Waals surface area contributed by atoms with Gasteiger partial charge in [-0.05, 0) is 25.6 Å². The van der Waals surface area contributed by atoms with Crippen LogP contribution in [-0.2, 0) is 14.3 Å². The average molecular weight is 322 g/mol. The second kappa shape index (κ2) is 6.42. The highest BCUT2D eigenvalue weighted by Crippen LogP contribution is 2.48. The average Bonchev–Trinajstić information content (AvgIpc) is 2.22. The van der Waals surface area contributed by atoms with Crippen molar-refractivity contribution in [2.75, 3.05) is 7.11 Å². The largest absolute Gasteiger partial charge is 0.511 e. The Kier molecular flexibility index (Phi) is 6.00. The van der Waals surface area contributed by atoms with Crippen molar-refractivity contribution < 1.29 is 41.4 Å². The molecule has 0 aliphatic heterocycles. The molecule has 0 rings (SSSR count). The third-order valence-electron chi connectivity index (χ3n) is 1.99. The van der Waals surface area contributed by atoms with Crippen LogP contribution >= 0.6 is 11.8 Å². The highest BCUT2D eigenvalue weighted by atomic mass is 32.2. The molecule has 10 heteroatoms. The maximum Gasteiger partial charge on any atom is 0.409 e. The van der Waals surface area contributed by atoms with Crippen molar-refractivity contribution in [2.24, 2.45) is 5.92 Å². The fourth-order valence-corrected chi connectivity index (χ4v) is 2.09. The molecule has 4 nitrogen and oxygen atoms in total. The molecule has 0 bridgehead atoms. The lowest BCUT2D eigenvalue weighted by Gasteiger charge is -2.26. The zero-order valence-electron chi connectivity index (χ0n) is 10.5. The van der Waals surface area contributed by atoms with E-state index in [0.29, 0.717) is 7.11 Å². The molecule has 0 aromatic rings. The fraction of sp³-hybridized carbons (Fsp3) is 0.600. The quantitative estimate of drug-likeness (QED) is 0.365. The molecule has 0 spiro atoms. The van der Waals surface area contributed by atoms with E-state index in [1.807, 2.05) is 0 Å². The van der Waals surface area contributed by atoms with Gasteiger partial charge in [-0.2, -0.15) is 22.0 Å². The van der Waals surface area contributed by atoms with E-state index < -0.39 is 51.5 Å². The normalized spacial score (nSPS) is 15.4. The molecule has 0 aliphatic carbocycles. The minimum absolute atomic E-state index is 0.529. The number of hydrogen-bond donors (Lipinski definition) is 1. The molecule has 0 aromatic heterocycles. The first kappa shape index (κ1) is 18.7. The number of ether oxygens (including phenoxy) is 1. The zero-order chi connectivity index (χ0) is 16.3. The Morgan fingerprint density at radius 3 is 1.85 bits per heavy atom. The SMILES string of the molecule is COC(=O)[C@@H](C(F)(F)F)C(F)(F)S/C(C(C)=O)=C(/C)O. The Bertz CT molecular complexity index is 426. The summed E-state index contributed by atoms with van der Waals surface area (Å²) < 4.78 is 68.6. The summed E-state index contributed by atoms with van der Waals surface area (Å²) in [6.07, 6.45) is -5.57. The maximum absolute atomic E-state index is 13.6. The summed E-state index contributed by atoms with van der Waals surface area (Å²) in [4.78, 5) is 21.0. The smallest absolute Gasteiger partial charge is 0.409 e. The van der Waals surface area contributed by atoms with Gasteiger partial charge in [0.05, 0.1) is 12.0 Å². The summed E-state index contributed by atoms with van der Waals surface area (Å²) >= 11 is -0.832. The Labute approximate surface area is 115 Å². The Morgan fingerprint density at radius 2 is 1.60 bits per heavy atom. The number of Topliss-reactive ketones (excluding diaryl/α,β-unsaturated/α-hetero) is 1. The lowest BCUT2D eigenvalue weighted by molar-refractivity contribution is -0.224. The first-order valence-corrected chi connectivity index (χ1v) is 5.78. The molecule has 1 atom stereocenters. The lowest BCUT2D eigenvalue weighted by Crippen LogP contribution is -2.44. The van der Waals surface area contributed by atoms with E-state index in [9.17, 15) is 31.5 Å². The molecule has 0 unspecified atom stereocenters. The number of methoxy groups -OCH3 is 1. The van der Waals surface area contributed by atoms with Gasteiger partial charge in [0.2, 0.25) is 5.92 Å². The van der Waals surface area contributed by atoms with Crippen molar-refractivity contribution in [3.8, 4) is 0 Å². The summed E-state index contributed by atoms with van der Waals surface area (Å²) in [5.41, 5.74) is 0. The van der Waals surface area contributed by atoms with Crippen molar-refractivity contribution in [1.82, 2.24) is 0 Å². The van der Waals surface area contributed by atoms with E-state index in [1.54, 1.807) is 0 Å². The van der Waals surface area contributed by atoms with Crippen molar-refractivity contribution in [3.05, 3.63) is 10.7 Å². The minimum atomic E-state index is -5.57. The van der Waals surface area contributed by atoms with Crippen LogP contribution in [0, 0.1) is 5.92 Å². The molecule has 0 saturated carbocycles. The number of halogens is 5. The van der Waals surface area contributed by atoms with Crippen LogP contribution in [0.5, 0.6) is 0 Å². The fourth-order valence-electron chi connectivity index (χ4n) is 1.17. The number of ketones is 1. The predicted octanol–water partition coefficient (Wildman–Crippen LogP) is 3.04. The van der Waals surface area contributed by atoms with Crippen LogP contribution in [0.4, 0.5) is 22.0 Å². The number of allylic oxidation sites excluding steroid dienone is 2. The van der Waals surface area contributed by atoms with Gasteiger partial charge in [-0.3, -0.25) is 9.59 Å². The summed E-state index contributed by atoms with van der Waals surface area (Å²) in [7, 11) is 0.529. The van der Waals surface area contributed by atoms with Crippen LogP contribution in [0.2, 0.25) is 0 Å². The minimum Gasteiger partial charge on any atom is -0.511 e. The molecule has 0 saturated heterocycles. The molecule has 0 aliphatic rings. The van der Waals surface area contributed by atoms with Gasteiger partial charge < -0.3 is 9.84 Å². The molecule has 116 valence electrons. The van der Waals surface area contributed by atoms with E-state index in [4.69, 9.17) is 5.11 Å².